The number of anilines is 1. The molecule has 0 saturated heterocycles. The summed E-state index contributed by atoms with van der Waals surface area (Å²) in [6, 6.07) is 23.1. The second kappa shape index (κ2) is 24.2. The van der Waals surface area contributed by atoms with E-state index in [1.807, 2.05) is 39.0 Å². The first-order valence-corrected chi connectivity index (χ1v) is 26.4. The molecule has 0 aromatic heterocycles. The van der Waals surface area contributed by atoms with Gasteiger partial charge in [0.15, 0.2) is 0 Å². The quantitative estimate of drug-likeness (QED) is 0.0425. The van der Waals surface area contributed by atoms with Gasteiger partial charge in [0.25, 0.3) is 11.8 Å². The van der Waals surface area contributed by atoms with Crippen molar-refractivity contribution in [2.45, 2.75) is 123 Å². The molecule has 4 saturated carbocycles. The zero-order valence-electron chi connectivity index (χ0n) is 45.8. The molecule has 0 aliphatic heterocycles. The molecule has 2 amide bonds. The SMILES string of the molecule is C=C(C)C(=O)OC(C)CCOC(=O)c1ccc(C(C)(C)c2ccc(C(=O)OCCC(C)OC(=O)C(=C)C)c(C(=O)Nc3cccc(C(=O)OC45CC6CC(CC(COC(=O)c7cccc(C)c7)(C6)C4)C5)c3)c2)cc1C(=O)NC. The third-order valence-corrected chi connectivity index (χ3v) is 15.0. The summed E-state index contributed by atoms with van der Waals surface area (Å²) in [6.07, 6.45) is 3.99. The molecule has 0 spiro atoms. The Morgan fingerprint density at radius 2 is 1.14 bits per heavy atom. The summed E-state index contributed by atoms with van der Waals surface area (Å²) in [6.45, 7) is 19.1. The van der Waals surface area contributed by atoms with E-state index in [1.54, 1.807) is 62.4 Å². The van der Waals surface area contributed by atoms with Gasteiger partial charge in [-0.25, -0.2) is 28.8 Å². The number of ether oxygens (including phenoxy) is 6. The number of hydrogen-bond acceptors (Lipinski definition) is 14. The third-order valence-electron chi connectivity index (χ3n) is 15.0. The molecule has 16 nitrogen and oxygen atoms in total. The number of carbonyl (C=O) groups is 8. The van der Waals surface area contributed by atoms with Gasteiger partial charge >= 0.3 is 35.8 Å². The van der Waals surface area contributed by atoms with Crippen LogP contribution in [0.2, 0.25) is 0 Å². The lowest BCUT2D eigenvalue weighted by Crippen LogP contribution is -2.58. The third kappa shape index (κ3) is 13.8. The lowest BCUT2D eigenvalue weighted by molar-refractivity contribution is -0.177. The summed E-state index contributed by atoms with van der Waals surface area (Å²) in [5, 5.41) is 5.45. The van der Waals surface area contributed by atoms with Crippen molar-refractivity contribution < 1.29 is 66.8 Å². The fourth-order valence-corrected chi connectivity index (χ4v) is 11.3. The van der Waals surface area contributed by atoms with E-state index in [0.29, 0.717) is 47.8 Å². The van der Waals surface area contributed by atoms with Crippen LogP contribution in [0.4, 0.5) is 5.69 Å². The molecule has 4 fully saturated rings. The molecule has 4 aromatic rings. The Labute approximate surface area is 455 Å². The first kappa shape index (κ1) is 57.8. The minimum atomic E-state index is -0.976. The number of rotatable bonds is 22. The lowest BCUT2D eigenvalue weighted by atomic mass is 9.48. The first-order valence-electron chi connectivity index (χ1n) is 26.4. The van der Waals surface area contributed by atoms with Gasteiger partial charge in [-0.1, -0.05) is 62.9 Å². The maximum atomic E-state index is 14.6. The van der Waals surface area contributed by atoms with Crippen molar-refractivity contribution in [3.63, 3.8) is 0 Å². The Balaban J connectivity index is 1.11. The second-order valence-electron chi connectivity index (χ2n) is 22.1. The number of hydrogen-bond donors (Lipinski definition) is 2. The van der Waals surface area contributed by atoms with Crippen LogP contribution in [0.1, 0.15) is 172 Å². The van der Waals surface area contributed by atoms with Crippen molar-refractivity contribution in [1.29, 1.82) is 0 Å². The Morgan fingerprint density at radius 1 is 0.628 bits per heavy atom. The molecular weight excluding hydrogens is 997 g/mol. The highest BCUT2D eigenvalue weighted by atomic mass is 16.6. The van der Waals surface area contributed by atoms with Gasteiger partial charge in [-0.15, -0.1) is 0 Å². The number of carbonyl (C=O) groups excluding carboxylic acids is 8. The average molecular weight is 1070 g/mol. The molecule has 412 valence electrons. The minimum absolute atomic E-state index is 0.00723. The fourth-order valence-electron chi connectivity index (χ4n) is 11.3. The van der Waals surface area contributed by atoms with Gasteiger partial charge < -0.3 is 39.1 Å². The topological polar surface area (TPSA) is 216 Å². The second-order valence-corrected chi connectivity index (χ2v) is 22.1. The van der Waals surface area contributed by atoms with Gasteiger partial charge in [0.2, 0.25) is 0 Å². The van der Waals surface area contributed by atoms with Crippen molar-refractivity contribution >= 4 is 53.3 Å². The summed E-state index contributed by atoms with van der Waals surface area (Å²) >= 11 is 0. The zero-order chi connectivity index (χ0) is 56.7. The van der Waals surface area contributed by atoms with E-state index in [0.717, 1.165) is 24.8 Å². The molecule has 4 aliphatic rings. The number of nitrogens with one attached hydrogen (secondary N) is 2. The predicted molar refractivity (Wildman–Crippen MR) is 290 cm³/mol. The zero-order valence-corrected chi connectivity index (χ0v) is 45.8. The van der Waals surface area contributed by atoms with E-state index >= 15 is 0 Å². The molecule has 4 unspecified atom stereocenters. The van der Waals surface area contributed by atoms with Crippen molar-refractivity contribution in [3.05, 3.63) is 159 Å². The van der Waals surface area contributed by atoms with Crippen molar-refractivity contribution in [3.8, 4) is 0 Å². The fraction of sp³-hybridized carbons (Fsp3) is 0.419. The summed E-state index contributed by atoms with van der Waals surface area (Å²) in [5.74, 6) is -4.29. The number of esters is 6. The molecule has 4 aliphatic carbocycles. The monoisotopic (exact) mass is 1070 g/mol. The average Bonchev–Trinajstić information content (AvgIpc) is 3.58. The van der Waals surface area contributed by atoms with E-state index in [9.17, 15) is 38.4 Å². The van der Waals surface area contributed by atoms with Crippen LogP contribution in [-0.4, -0.2) is 92.3 Å². The molecule has 4 bridgehead atoms. The van der Waals surface area contributed by atoms with E-state index in [1.165, 1.54) is 39.1 Å². The molecule has 78 heavy (non-hydrogen) atoms. The number of amides is 2. The van der Waals surface area contributed by atoms with E-state index in [2.05, 4.69) is 23.8 Å². The maximum Gasteiger partial charge on any atom is 0.338 e. The minimum Gasteiger partial charge on any atom is -0.462 e. The molecule has 8 rings (SSSR count). The Kier molecular flexibility index (Phi) is 17.9. The Morgan fingerprint density at radius 3 is 1.65 bits per heavy atom. The molecule has 4 aromatic carbocycles. The Hall–Kier alpha value is -7.88. The largest absolute Gasteiger partial charge is 0.462 e. The highest BCUT2D eigenvalue weighted by molar-refractivity contribution is 6.11. The highest BCUT2D eigenvalue weighted by Crippen LogP contribution is 2.63. The highest BCUT2D eigenvalue weighted by Gasteiger charge is 2.60. The molecular formula is C62H70N2O14. The smallest absolute Gasteiger partial charge is 0.338 e. The van der Waals surface area contributed by atoms with Crippen molar-refractivity contribution in [2.75, 3.05) is 32.2 Å². The molecule has 16 heteroatoms. The molecule has 0 heterocycles. The summed E-state index contributed by atoms with van der Waals surface area (Å²) in [7, 11) is 1.43. The van der Waals surface area contributed by atoms with Crippen molar-refractivity contribution in [2.24, 2.45) is 17.3 Å². The lowest BCUT2D eigenvalue weighted by Gasteiger charge is -2.60. The standard InChI is InChI=1S/C62H70N2O14/c1-36(2)54(67)76-39(6)21-23-73-58(71)48-19-17-45(28-50(48)52(65)63-10)60(8,9)46-18-20-49(59(72)74-24-22-40(7)77-55(68)37(3)4)51(29-46)53(66)64-47-16-12-15-44(27-47)57(70)78-62-32-41-26-42(33-62)31-61(30-41,34-62)35-75-56(69)43-14-11-13-38(5)25-43/h11-20,25,27-29,39-42H,1,3,21-24,26,30-35H2,2,4-10H3,(H,63,65)(H,64,66). The first-order chi connectivity index (χ1) is 36.9. The number of aryl methyl sites for hydroxylation is 1. The van der Waals surface area contributed by atoms with Crippen LogP contribution in [0.15, 0.2) is 109 Å². The Bertz CT molecular complexity index is 3030. The normalized spacial score (nSPS) is 19.7. The molecule has 0 radical (unpaired) electrons. The van der Waals surface area contributed by atoms with Crippen LogP contribution in [0.25, 0.3) is 0 Å². The predicted octanol–water partition coefficient (Wildman–Crippen LogP) is 10.4. The molecule has 4 atom stereocenters. The van der Waals surface area contributed by atoms with Gasteiger partial charge in [0, 0.05) is 47.6 Å². The van der Waals surface area contributed by atoms with Crippen LogP contribution in [0, 0.1) is 24.2 Å². The van der Waals surface area contributed by atoms with Crippen LogP contribution >= 0.6 is 0 Å². The summed E-state index contributed by atoms with van der Waals surface area (Å²) in [5.41, 5.74) is 1.31. The summed E-state index contributed by atoms with van der Waals surface area (Å²) in [4.78, 5) is 107. The van der Waals surface area contributed by atoms with Gasteiger partial charge in [0.05, 0.1) is 53.2 Å². The van der Waals surface area contributed by atoms with Gasteiger partial charge in [-0.3, -0.25) is 9.59 Å². The van der Waals surface area contributed by atoms with Gasteiger partial charge in [-0.2, -0.15) is 0 Å². The van der Waals surface area contributed by atoms with E-state index in [-0.39, 0.29) is 88.7 Å². The van der Waals surface area contributed by atoms with Gasteiger partial charge in [-0.05, 0) is 151 Å². The molecule has 2 N–H and O–H groups in total. The van der Waals surface area contributed by atoms with Crippen LogP contribution < -0.4 is 10.6 Å². The van der Waals surface area contributed by atoms with Crippen LogP contribution in [0.3, 0.4) is 0 Å². The van der Waals surface area contributed by atoms with E-state index < -0.39 is 64.9 Å². The summed E-state index contributed by atoms with van der Waals surface area (Å²) < 4.78 is 34.2. The maximum absolute atomic E-state index is 14.6. The van der Waals surface area contributed by atoms with Crippen LogP contribution in [-0.2, 0) is 43.4 Å². The van der Waals surface area contributed by atoms with Crippen LogP contribution in [0.5, 0.6) is 0 Å². The van der Waals surface area contributed by atoms with Crippen molar-refractivity contribution in [1.82, 2.24) is 5.32 Å². The number of benzene rings is 4. The van der Waals surface area contributed by atoms with Gasteiger partial charge in [0.1, 0.15) is 17.8 Å². The van der Waals surface area contributed by atoms with E-state index in [4.69, 9.17) is 28.4 Å².